The molecule has 0 saturated heterocycles. The highest BCUT2D eigenvalue weighted by atomic mass is 16.3. The second-order valence-corrected chi connectivity index (χ2v) is 0.949. The molecular weight excluding hydrogens is 120 g/mol. The summed E-state index contributed by atoms with van der Waals surface area (Å²) >= 11 is 0. The van der Waals surface area contributed by atoms with Crippen LogP contribution < -0.4 is 0 Å². The summed E-state index contributed by atoms with van der Waals surface area (Å²) in [4.78, 5) is 0. The summed E-state index contributed by atoms with van der Waals surface area (Å²) < 4.78 is 0. The molecule has 0 fully saturated rings. The minimum absolute atomic E-state index is 0.250. The van der Waals surface area contributed by atoms with Crippen LogP contribution in [0.2, 0.25) is 0 Å². The van der Waals surface area contributed by atoms with Gasteiger partial charge in [0, 0.05) is 19.8 Å². The number of aliphatic hydroxyl groups is 3. The number of aliphatic hydroxyl groups excluding tert-OH is 3. The summed E-state index contributed by atoms with van der Waals surface area (Å²) in [6, 6.07) is 0. The molecule has 0 aromatic heterocycles. The summed E-state index contributed by atoms with van der Waals surface area (Å²) in [7, 11) is 0. The van der Waals surface area contributed by atoms with Crippen LogP contribution in [0.5, 0.6) is 0 Å². The van der Waals surface area contributed by atoms with Crippen molar-refractivity contribution in [2.24, 2.45) is 0 Å². The maximum absolute atomic E-state index is 7.57. The van der Waals surface area contributed by atoms with E-state index < -0.39 is 0 Å². The average molecular weight is 138 g/mol. The predicted octanol–water partition coefficient (Wildman–Crippen LogP) is -0.00420. The van der Waals surface area contributed by atoms with E-state index in [1.807, 2.05) is 0 Å². The van der Waals surface area contributed by atoms with Gasteiger partial charge in [0.2, 0.25) is 0 Å². The first-order valence-electron chi connectivity index (χ1n) is 3.07. The standard InChI is InChI=1S/3C2H6O/c3*1-2-3/h3*3H,2H2,1H3. The summed E-state index contributed by atoms with van der Waals surface area (Å²) in [6.45, 7) is 5.79. The van der Waals surface area contributed by atoms with E-state index in [1.165, 1.54) is 0 Å². The second-order valence-electron chi connectivity index (χ2n) is 0.949. The Balaban J connectivity index is -0.0000000600. The molecule has 3 N–H and O–H groups in total. The fraction of sp³-hybridized carbons (Fsp3) is 1.00. The first-order chi connectivity index (χ1) is 4.24. The molecule has 0 heterocycles. The molecule has 0 atom stereocenters. The van der Waals surface area contributed by atoms with E-state index in [0.29, 0.717) is 0 Å². The summed E-state index contributed by atoms with van der Waals surface area (Å²) in [5.41, 5.74) is 0. The molecule has 0 unspecified atom stereocenters. The van der Waals surface area contributed by atoms with Crippen molar-refractivity contribution >= 4 is 0 Å². The molecule has 0 aliphatic carbocycles. The quantitative estimate of drug-likeness (QED) is 0.441. The van der Waals surface area contributed by atoms with Crippen LogP contribution in [0, 0.1) is 0 Å². The smallest absolute Gasteiger partial charge is 0.0402 e. The Morgan fingerprint density at radius 2 is 0.667 bits per heavy atom. The van der Waals surface area contributed by atoms with Crippen LogP contribution in [0.15, 0.2) is 0 Å². The average Bonchev–Trinajstić information content (AvgIpc) is 1.70. The molecule has 3 nitrogen and oxygen atoms in total. The van der Waals surface area contributed by atoms with E-state index in [0.717, 1.165) is 0 Å². The lowest BCUT2D eigenvalue weighted by atomic mass is 10.9. The van der Waals surface area contributed by atoms with Gasteiger partial charge in [-0.25, -0.2) is 0 Å². The van der Waals surface area contributed by atoms with Gasteiger partial charge in [0.25, 0.3) is 0 Å². The van der Waals surface area contributed by atoms with Gasteiger partial charge in [0.1, 0.15) is 0 Å². The Kier molecular flexibility index (Phi) is 79.7. The van der Waals surface area contributed by atoms with Crippen molar-refractivity contribution in [3.05, 3.63) is 0 Å². The van der Waals surface area contributed by atoms with Crippen LogP contribution in [0.3, 0.4) is 0 Å². The first-order valence-corrected chi connectivity index (χ1v) is 3.07. The van der Waals surface area contributed by atoms with E-state index in [-0.39, 0.29) is 19.8 Å². The Hall–Kier alpha value is -0.120. The fourth-order valence-corrected chi connectivity index (χ4v) is 0. The van der Waals surface area contributed by atoms with Gasteiger partial charge in [0.15, 0.2) is 0 Å². The second kappa shape index (κ2) is 45.0. The molecule has 0 rings (SSSR count). The van der Waals surface area contributed by atoms with Crippen molar-refractivity contribution in [2.75, 3.05) is 19.8 Å². The molecule has 0 aromatic rings. The molecule has 0 saturated carbocycles. The molecule has 0 aliphatic rings. The Bertz CT molecular complexity index is 13.0. The molecule has 0 amide bonds. The van der Waals surface area contributed by atoms with Crippen LogP contribution in [0.25, 0.3) is 0 Å². The highest BCUT2D eigenvalue weighted by Gasteiger charge is 1.35. The fourth-order valence-electron chi connectivity index (χ4n) is 0. The van der Waals surface area contributed by atoms with Crippen LogP contribution >= 0.6 is 0 Å². The normalized spacial score (nSPS) is 6.00. The first kappa shape index (κ1) is 15.9. The zero-order valence-electron chi connectivity index (χ0n) is 6.46. The van der Waals surface area contributed by atoms with E-state index >= 15 is 0 Å². The minimum atomic E-state index is 0.250. The van der Waals surface area contributed by atoms with Crippen LogP contribution in [0.4, 0.5) is 0 Å². The molecule has 3 heteroatoms. The van der Waals surface area contributed by atoms with Crippen LogP contribution in [-0.4, -0.2) is 35.1 Å². The molecule has 0 spiro atoms. The summed E-state index contributed by atoms with van der Waals surface area (Å²) in [5, 5.41) is 22.7. The topological polar surface area (TPSA) is 60.7 Å². The minimum Gasteiger partial charge on any atom is -0.397 e. The maximum Gasteiger partial charge on any atom is 0.0402 e. The SMILES string of the molecule is CCO.CCO.CCO. The zero-order chi connectivity index (χ0) is 8.12. The van der Waals surface area contributed by atoms with Gasteiger partial charge in [-0.05, 0) is 20.8 Å². The maximum atomic E-state index is 7.57. The third-order valence-electron chi connectivity index (χ3n) is 0. The molecule has 60 valence electrons. The largest absolute Gasteiger partial charge is 0.397 e. The van der Waals surface area contributed by atoms with Gasteiger partial charge in [0.05, 0.1) is 0 Å². The van der Waals surface area contributed by atoms with Gasteiger partial charge >= 0.3 is 0 Å². The molecule has 0 bridgehead atoms. The zero-order valence-corrected chi connectivity index (χ0v) is 6.46. The lowest BCUT2D eigenvalue weighted by molar-refractivity contribution is 0.318. The van der Waals surface area contributed by atoms with Crippen molar-refractivity contribution in [1.82, 2.24) is 0 Å². The van der Waals surface area contributed by atoms with Gasteiger partial charge in [-0.15, -0.1) is 0 Å². The van der Waals surface area contributed by atoms with Gasteiger partial charge in [-0.3, -0.25) is 0 Å². The third kappa shape index (κ3) is 18900. The van der Waals surface area contributed by atoms with Crippen molar-refractivity contribution in [1.29, 1.82) is 0 Å². The van der Waals surface area contributed by atoms with E-state index in [9.17, 15) is 0 Å². The number of hydrogen-bond acceptors (Lipinski definition) is 3. The monoisotopic (exact) mass is 138 g/mol. The van der Waals surface area contributed by atoms with E-state index in [1.54, 1.807) is 20.8 Å². The number of rotatable bonds is 0. The van der Waals surface area contributed by atoms with E-state index in [2.05, 4.69) is 0 Å². The van der Waals surface area contributed by atoms with Crippen LogP contribution in [-0.2, 0) is 0 Å². The number of hydrogen-bond donors (Lipinski definition) is 3. The Morgan fingerprint density at radius 3 is 0.667 bits per heavy atom. The highest BCUT2D eigenvalue weighted by Crippen LogP contribution is 1.30. The molecule has 0 aliphatic heterocycles. The Morgan fingerprint density at radius 1 is 0.667 bits per heavy atom. The molecule has 0 aromatic carbocycles. The lowest BCUT2D eigenvalue weighted by Gasteiger charge is -1.52. The molecule has 0 radical (unpaired) electrons. The van der Waals surface area contributed by atoms with Crippen molar-refractivity contribution in [2.45, 2.75) is 20.8 Å². The highest BCUT2D eigenvalue weighted by molar-refractivity contribution is 3.84. The predicted molar refractivity (Wildman–Crippen MR) is 38.3 cm³/mol. The lowest BCUT2D eigenvalue weighted by Crippen LogP contribution is -1.57. The van der Waals surface area contributed by atoms with Crippen molar-refractivity contribution in [3.63, 3.8) is 0 Å². The van der Waals surface area contributed by atoms with Gasteiger partial charge < -0.3 is 15.3 Å². The van der Waals surface area contributed by atoms with Crippen molar-refractivity contribution < 1.29 is 15.3 Å². The Labute approximate surface area is 57.0 Å². The van der Waals surface area contributed by atoms with Crippen molar-refractivity contribution in [3.8, 4) is 0 Å². The molecule has 9 heavy (non-hydrogen) atoms. The summed E-state index contributed by atoms with van der Waals surface area (Å²) in [6.07, 6.45) is 0. The van der Waals surface area contributed by atoms with Gasteiger partial charge in [-0.1, -0.05) is 0 Å². The van der Waals surface area contributed by atoms with Crippen LogP contribution in [0.1, 0.15) is 20.8 Å². The third-order valence-corrected chi connectivity index (χ3v) is 0. The van der Waals surface area contributed by atoms with Gasteiger partial charge in [-0.2, -0.15) is 0 Å². The summed E-state index contributed by atoms with van der Waals surface area (Å²) in [5.74, 6) is 0. The molecular formula is C6H18O3. The van der Waals surface area contributed by atoms with E-state index in [4.69, 9.17) is 15.3 Å².